The maximum Gasteiger partial charge on any atom is 0.248 e. The maximum atomic E-state index is 11.2. The number of hydrogen-bond donors (Lipinski definition) is 2. The second-order valence-electron chi connectivity index (χ2n) is 5.17. The fraction of sp³-hybridized carbons (Fsp3) is 0.571. The van der Waals surface area contributed by atoms with Crippen molar-refractivity contribution in [1.82, 2.24) is 10.3 Å². The summed E-state index contributed by atoms with van der Waals surface area (Å²) in [4.78, 5) is 17.7. The minimum absolute atomic E-state index is 0.407. The topological polar surface area (TPSA) is 71.2 Å². The molecule has 1 heterocycles. The number of pyridine rings is 1. The average Bonchev–Trinajstić information content (AvgIpc) is 2.46. The lowest BCUT2D eigenvalue weighted by Crippen LogP contribution is -2.40. The molecule has 0 saturated heterocycles. The van der Waals surface area contributed by atoms with Gasteiger partial charge in [0, 0.05) is 30.9 Å². The molecule has 0 atom stereocenters. The summed E-state index contributed by atoms with van der Waals surface area (Å²) in [5, 5.41) is 3.33. The van der Waals surface area contributed by atoms with Crippen LogP contribution in [0.1, 0.15) is 36.0 Å². The number of nitrogens with one attached hydrogen (secondary N) is 1. The number of nitrogens with two attached hydrogens (primary N) is 1. The molecular formula is C14H22N4O. The van der Waals surface area contributed by atoms with E-state index in [0.29, 0.717) is 17.6 Å². The van der Waals surface area contributed by atoms with Gasteiger partial charge < -0.3 is 16.0 Å². The number of aromatic nitrogens is 1. The number of carbonyl (C=O) groups is 1. The van der Waals surface area contributed by atoms with Crippen LogP contribution < -0.4 is 16.0 Å². The third-order valence-electron chi connectivity index (χ3n) is 4.04. The summed E-state index contributed by atoms with van der Waals surface area (Å²) in [6.45, 7) is 0. The summed E-state index contributed by atoms with van der Waals surface area (Å²) >= 11 is 0. The lowest BCUT2D eigenvalue weighted by molar-refractivity contribution is 0.1000. The van der Waals surface area contributed by atoms with Crippen molar-refractivity contribution in [2.45, 2.75) is 37.8 Å². The van der Waals surface area contributed by atoms with Gasteiger partial charge in [-0.2, -0.15) is 0 Å². The molecule has 3 N–H and O–H groups in total. The molecule has 1 fully saturated rings. The van der Waals surface area contributed by atoms with E-state index in [-0.39, 0.29) is 0 Å². The van der Waals surface area contributed by atoms with Gasteiger partial charge in [-0.15, -0.1) is 0 Å². The van der Waals surface area contributed by atoms with Gasteiger partial charge in [0.25, 0.3) is 0 Å². The molecule has 2 rings (SSSR count). The van der Waals surface area contributed by atoms with Crippen molar-refractivity contribution < 1.29 is 4.79 Å². The van der Waals surface area contributed by atoms with Gasteiger partial charge in [0.15, 0.2) is 0 Å². The number of anilines is 1. The first-order chi connectivity index (χ1) is 9.11. The van der Waals surface area contributed by atoms with Crippen LogP contribution >= 0.6 is 0 Å². The molecule has 1 aliphatic carbocycles. The van der Waals surface area contributed by atoms with E-state index in [1.807, 2.05) is 14.1 Å². The Morgan fingerprint density at radius 2 is 2.11 bits per heavy atom. The van der Waals surface area contributed by atoms with Crippen LogP contribution in [0.2, 0.25) is 0 Å². The highest BCUT2D eigenvalue weighted by molar-refractivity contribution is 5.93. The number of hydrogen-bond acceptors (Lipinski definition) is 4. The summed E-state index contributed by atoms with van der Waals surface area (Å²) in [6, 6.07) is 4.54. The zero-order valence-corrected chi connectivity index (χ0v) is 11.6. The Labute approximate surface area is 114 Å². The van der Waals surface area contributed by atoms with Gasteiger partial charge in [-0.1, -0.05) is 0 Å². The van der Waals surface area contributed by atoms with E-state index in [0.717, 1.165) is 18.7 Å². The largest absolute Gasteiger partial charge is 0.366 e. The van der Waals surface area contributed by atoms with E-state index in [1.165, 1.54) is 12.8 Å². The molecule has 104 valence electrons. The van der Waals surface area contributed by atoms with Gasteiger partial charge in [0.05, 0.1) is 0 Å². The molecule has 0 unspecified atom stereocenters. The van der Waals surface area contributed by atoms with Gasteiger partial charge in [-0.3, -0.25) is 4.79 Å². The zero-order valence-electron chi connectivity index (χ0n) is 11.6. The third kappa shape index (κ3) is 3.23. The quantitative estimate of drug-likeness (QED) is 0.854. The van der Waals surface area contributed by atoms with Crippen molar-refractivity contribution in [1.29, 1.82) is 0 Å². The Morgan fingerprint density at radius 3 is 2.68 bits per heavy atom. The van der Waals surface area contributed by atoms with Gasteiger partial charge in [-0.25, -0.2) is 4.98 Å². The zero-order chi connectivity index (χ0) is 13.8. The van der Waals surface area contributed by atoms with Crippen LogP contribution in [0.3, 0.4) is 0 Å². The first-order valence-corrected chi connectivity index (χ1v) is 6.77. The molecule has 0 aromatic carbocycles. The number of carbonyl (C=O) groups excluding carboxylic acids is 1. The Balaban J connectivity index is 2.05. The molecule has 5 heteroatoms. The van der Waals surface area contributed by atoms with Crippen LogP contribution in [-0.2, 0) is 0 Å². The predicted octanol–water partition coefficient (Wildman–Crippen LogP) is 1.15. The van der Waals surface area contributed by atoms with Crippen LogP contribution in [0.5, 0.6) is 0 Å². The first kappa shape index (κ1) is 13.8. The summed E-state index contributed by atoms with van der Waals surface area (Å²) in [5.74, 6) is 0.417. The summed E-state index contributed by atoms with van der Waals surface area (Å²) < 4.78 is 0. The lowest BCUT2D eigenvalue weighted by atomic mass is 9.90. The highest BCUT2D eigenvalue weighted by Gasteiger charge is 2.24. The highest BCUT2D eigenvalue weighted by Crippen LogP contribution is 2.25. The SMILES string of the molecule is CNC1CCC(N(C)c2cc(C(N)=O)ccn2)CC1. The van der Waals surface area contributed by atoms with Crippen LogP contribution in [-0.4, -0.2) is 37.1 Å². The smallest absolute Gasteiger partial charge is 0.248 e. The standard InChI is InChI=1S/C14H22N4O/c1-16-11-3-5-12(6-4-11)18(2)13-9-10(14(15)19)7-8-17-13/h7-9,11-12,16H,3-6H2,1-2H3,(H2,15,19). The van der Waals surface area contributed by atoms with Gasteiger partial charge in [0.1, 0.15) is 5.82 Å². The van der Waals surface area contributed by atoms with Gasteiger partial charge in [0.2, 0.25) is 5.91 Å². The van der Waals surface area contributed by atoms with Crippen molar-refractivity contribution in [3.8, 4) is 0 Å². The third-order valence-corrected chi connectivity index (χ3v) is 4.04. The molecule has 1 saturated carbocycles. The molecule has 0 bridgehead atoms. The maximum absolute atomic E-state index is 11.2. The number of rotatable bonds is 4. The van der Waals surface area contributed by atoms with E-state index in [4.69, 9.17) is 5.73 Å². The number of amides is 1. The second-order valence-corrected chi connectivity index (χ2v) is 5.17. The van der Waals surface area contributed by atoms with E-state index < -0.39 is 5.91 Å². The fourth-order valence-corrected chi connectivity index (χ4v) is 2.70. The Hall–Kier alpha value is -1.62. The van der Waals surface area contributed by atoms with Crippen molar-refractivity contribution in [3.63, 3.8) is 0 Å². The molecule has 19 heavy (non-hydrogen) atoms. The molecule has 0 radical (unpaired) electrons. The molecule has 5 nitrogen and oxygen atoms in total. The molecule has 1 aromatic rings. The van der Waals surface area contributed by atoms with E-state index in [2.05, 4.69) is 15.2 Å². The van der Waals surface area contributed by atoms with Crippen LogP contribution in [0, 0.1) is 0 Å². The molecular weight excluding hydrogens is 240 g/mol. The number of nitrogens with zero attached hydrogens (tertiary/aromatic N) is 2. The van der Waals surface area contributed by atoms with Gasteiger partial charge in [-0.05, 0) is 44.9 Å². The fourth-order valence-electron chi connectivity index (χ4n) is 2.70. The summed E-state index contributed by atoms with van der Waals surface area (Å²) in [5.41, 5.74) is 5.82. The van der Waals surface area contributed by atoms with Gasteiger partial charge >= 0.3 is 0 Å². The highest BCUT2D eigenvalue weighted by atomic mass is 16.1. The van der Waals surface area contributed by atoms with Crippen molar-refractivity contribution >= 4 is 11.7 Å². The number of primary amides is 1. The minimum Gasteiger partial charge on any atom is -0.366 e. The molecule has 0 spiro atoms. The van der Waals surface area contributed by atoms with Crippen LogP contribution in [0.25, 0.3) is 0 Å². The summed E-state index contributed by atoms with van der Waals surface area (Å²) in [6.07, 6.45) is 6.29. The van der Waals surface area contributed by atoms with E-state index in [9.17, 15) is 4.79 Å². The second kappa shape index (κ2) is 6.02. The van der Waals surface area contributed by atoms with E-state index >= 15 is 0 Å². The Bertz CT molecular complexity index is 441. The predicted molar refractivity (Wildman–Crippen MR) is 76.3 cm³/mol. The van der Waals surface area contributed by atoms with Crippen LogP contribution in [0.4, 0.5) is 5.82 Å². The molecule has 0 aliphatic heterocycles. The monoisotopic (exact) mass is 262 g/mol. The average molecular weight is 262 g/mol. The van der Waals surface area contributed by atoms with Crippen molar-refractivity contribution in [3.05, 3.63) is 23.9 Å². The lowest BCUT2D eigenvalue weighted by Gasteiger charge is -2.35. The summed E-state index contributed by atoms with van der Waals surface area (Å²) in [7, 11) is 4.06. The normalized spacial score (nSPS) is 23.1. The van der Waals surface area contributed by atoms with Crippen molar-refractivity contribution in [2.24, 2.45) is 5.73 Å². The Kier molecular flexibility index (Phi) is 4.37. The molecule has 1 amide bonds. The molecule has 1 aromatic heterocycles. The van der Waals surface area contributed by atoms with Crippen LogP contribution in [0.15, 0.2) is 18.3 Å². The minimum atomic E-state index is -0.407. The first-order valence-electron chi connectivity index (χ1n) is 6.77. The van der Waals surface area contributed by atoms with Crippen molar-refractivity contribution in [2.75, 3.05) is 19.0 Å². The Morgan fingerprint density at radius 1 is 1.42 bits per heavy atom. The van der Waals surface area contributed by atoms with E-state index in [1.54, 1.807) is 18.3 Å². The molecule has 1 aliphatic rings.